The van der Waals surface area contributed by atoms with Crippen LogP contribution in [0.5, 0.6) is 0 Å². The molecule has 1 aromatic carbocycles. The van der Waals surface area contributed by atoms with Crippen LogP contribution in [0.1, 0.15) is 110 Å². The summed E-state index contributed by atoms with van der Waals surface area (Å²) in [5, 5.41) is 33.9. The number of aryl methyl sites for hydroxylation is 1. The predicted octanol–water partition coefficient (Wildman–Crippen LogP) is 5.40. The van der Waals surface area contributed by atoms with Crippen LogP contribution in [-0.2, 0) is 35.1 Å². The molecule has 12 heteroatoms. The van der Waals surface area contributed by atoms with Crippen LogP contribution in [0.3, 0.4) is 0 Å². The Kier molecular flexibility index (Phi) is 19.4. The summed E-state index contributed by atoms with van der Waals surface area (Å²) < 4.78 is 11.0. The van der Waals surface area contributed by atoms with Gasteiger partial charge in [0.25, 0.3) is 5.09 Å². The van der Waals surface area contributed by atoms with Crippen LogP contribution in [0.2, 0.25) is 0 Å². The van der Waals surface area contributed by atoms with E-state index in [9.17, 15) is 34.7 Å². The second-order valence-corrected chi connectivity index (χ2v) is 12.9. The molecule has 6 atom stereocenters. The minimum atomic E-state index is -0.817. The van der Waals surface area contributed by atoms with E-state index >= 15 is 0 Å². The first-order chi connectivity index (χ1) is 23.0. The molecule has 1 aromatic rings. The van der Waals surface area contributed by atoms with Gasteiger partial charge in [-0.2, -0.15) is 0 Å². The fourth-order valence-corrected chi connectivity index (χ4v) is 6.16. The lowest BCUT2D eigenvalue weighted by molar-refractivity contribution is -0.768. The second-order valence-electron chi connectivity index (χ2n) is 12.9. The molecular formula is C36H56N2O10. The number of carbonyl (C=O) groups excluding carboxylic acids is 3. The third-order valence-corrected chi connectivity index (χ3v) is 8.70. The fraction of sp³-hybridized carbons (Fsp3) is 0.694. The average Bonchev–Trinajstić information content (AvgIpc) is 3.30. The first-order valence-electron chi connectivity index (χ1n) is 17.5. The Balaban J connectivity index is 1.86. The van der Waals surface area contributed by atoms with Crippen molar-refractivity contribution in [2.45, 2.75) is 141 Å². The normalized spacial score (nSPS) is 20.4. The number of allylic oxidation sites excluding steroid dienone is 2. The van der Waals surface area contributed by atoms with Gasteiger partial charge in [-0.05, 0) is 102 Å². The number of rotatable bonds is 24. The van der Waals surface area contributed by atoms with Crippen molar-refractivity contribution in [1.29, 1.82) is 0 Å². The lowest BCUT2D eigenvalue weighted by Gasteiger charge is -2.25. The number of esters is 2. The van der Waals surface area contributed by atoms with Crippen LogP contribution in [0.25, 0.3) is 0 Å². The van der Waals surface area contributed by atoms with Gasteiger partial charge in [0.2, 0.25) is 5.91 Å². The molecule has 1 aliphatic carbocycles. The zero-order chi connectivity index (χ0) is 35.3. The first-order valence-corrected chi connectivity index (χ1v) is 17.5. The van der Waals surface area contributed by atoms with Crippen LogP contribution < -0.4 is 5.32 Å². The van der Waals surface area contributed by atoms with Gasteiger partial charge in [0.05, 0.1) is 24.7 Å². The molecule has 1 amide bonds. The van der Waals surface area contributed by atoms with Crippen molar-refractivity contribution in [1.82, 2.24) is 5.32 Å². The minimum Gasteiger partial charge on any atom is -0.463 e. The number of benzene rings is 1. The quantitative estimate of drug-likeness (QED) is 0.0423. The van der Waals surface area contributed by atoms with Gasteiger partial charge in [-0.1, -0.05) is 49.4 Å². The maximum atomic E-state index is 12.8. The van der Waals surface area contributed by atoms with Crippen molar-refractivity contribution in [3.63, 3.8) is 0 Å². The van der Waals surface area contributed by atoms with Crippen molar-refractivity contribution in [3.05, 3.63) is 58.2 Å². The highest BCUT2D eigenvalue weighted by molar-refractivity contribution is 5.77. The van der Waals surface area contributed by atoms with Gasteiger partial charge in [0, 0.05) is 19.4 Å². The molecule has 0 radical (unpaired) electrons. The summed E-state index contributed by atoms with van der Waals surface area (Å²) in [5.41, 5.74) is 1.12. The molecule has 1 fully saturated rings. The monoisotopic (exact) mass is 676 g/mol. The molecule has 0 heterocycles. The zero-order valence-electron chi connectivity index (χ0n) is 28.8. The van der Waals surface area contributed by atoms with E-state index in [1.165, 1.54) is 0 Å². The minimum absolute atomic E-state index is 0.00295. The highest BCUT2D eigenvalue weighted by Crippen LogP contribution is 2.39. The Labute approximate surface area is 284 Å². The van der Waals surface area contributed by atoms with Gasteiger partial charge in [-0.25, -0.2) is 0 Å². The summed E-state index contributed by atoms with van der Waals surface area (Å²) in [6, 6.07) is 9.91. The van der Waals surface area contributed by atoms with Gasteiger partial charge in [0.15, 0.2) is 0 Å². The summed E-state index contributed by atoms with van der Waals surface area (Å²) in [6.45, 7) is 5.54. The highest BCUT2D eigenvalue weighted by atomic mass is 17.0. The summed E-state index contributed by atoms with van der Waals surface area (Å²) >= 11 is 0. The van der Waals surface area contributed by atoms with Crippen molar-refractivity contribution < 1.29 is 44.0 Å². The molecule has 48 heavy (non-hydrogen) atoms. The molecule has 0 bridgehead atoms. The van der Waals surface area contributed by atoms with E-state index in [2.05, 4.69) is 10.2 Å². The van der Waals surface area contributed by atoms with E-state index in [-0.39, 0.29) is 49.2 Å². The largest absolute Gasteiger partial charge is 0.463 e. The van der Waals surface area contributed by atoms with Crippen molar-refractivity contribution in [2.75, 3.05) is 6.54 Å². The Morgan fingerprint density at radius 2 is 1.65 bits per heavy atom. The summed E-state index contributed by atoms with van der Waals surface area (Å²) in [6.07, 6.45) is 8.22. The van der Waals surface area contributed by atoms with E-state index in [1.807, 2.05) is 56.3 Å². The molecule has 1 aliphatic rings. The van der Waals surface area contributed by atoms with E-state index in [0.717, 1.165) is 12.0 Å². The van der Waals surface area contributed by atoms with Crippen LogP contribution in [0, 0.1) is 22.0 Å². The number of carbonyl (C=O) groups is 3. The third-order valence-electron chi connectivity index (χ3n) is 8.70. The average molecular weight is 677 g/mol. The highest BCUT2D eigenvalue weighted by Gasteiger charge is 2.40. The Bertz CT molecular complexity index is 1130. The number of hydrogen-bond acceptors (Lipinski definition) is 10. The zero-order valence-corrected chi connectivity index (χ0v) is 28.8. The molecule has 0 saturated heterocycles. The number of aliphatic hydroxyl groups excluding tert-OH is 2. The Hall–Kier alpha value is -3.51. The number of aliphatic hydroxyl groups is 2. The number of hydrogen-bond donors (Lipinski definition) is 3. The number of nitrogens with one attached hydrogen (secondary N) is 1. The number of nitrogens with zero attached hydrogens (tertiary/aromatic N) is 1. The molecule has 3 N–H and O–H groups in total. The van der Waals surface area contributed by atoms with Gasteiger partial charge < -0.3 is 29.8 Å². The first kappa shape index (κ1) is 40.7. The Morgan fingerprint density at radius 3 is 2.33 bits per heavy atom. The van der Waals surface area contributed by atoms with Crippen LogP contribution >= 0.6 is 0 Å². The van der Waals surface area contributed by atoms with Crippen molar-refractivity contribution in [2.24, 2.45) is 11.8 Å². The molecule has 1 saturated carbocycles. The molecule has 2 rings (SSSR count). The third kappa shape index (κ3) is 17.1. The maximum absolute atomic E-state index is 12.8. The molecule has 270 valence electrons. The van der Waals surface area contributed by atoms with E-state index in [4.69, 9.17) is 9.47 Å². The molecular weight excluding hydrogens is 620 g/mol. The summed E-state index contributed by atoms with van der Waals surface area (Å²) in [7, 11) is 0. The van der Waals surface area contributed by atoms with Gasteiger partial charge in [-0.3, -0.25) is 14.4 Å². The standard InChI is InChI=1S/C36H56N2O10/c1-4-28(48-38(44)45)15-12-17-34(41)37-24-23-36(43)47-29(20-19-27-13-8-7-9-14-27)21-22-31-30(32(39)25-33(31)40)16-10-5-6-11-18-35(42)46-26(2)3/h5,7-10,13-14,26,28-33,39-40H,4,6,11-12,15-25H2,1-3H3,(H,37,41)/b10-5-/t28?,29-,30+,31+,32-,33+/m0/s1. The van der Waals surface area contributed by atoms with Gasteiger partial charge in [0.1, 0.15) is 12.2 Å². The van der Waals surface area contributed by atoms with E-state index < -0.39 is 35.5 Å². The fourth-order valence-electron chi connectivity index (χ4n) is 6.16. The van der Waals surface area contributed by atoms with Gasteiger partial charge in [-0.15, -0.1) is 10.1 Å². The number of amides is 1. The van der Waals surface area contributed by atoms with Crippen LogP contribution in [0.4, 0.5) is 0 Å². The predicted molar refractivity (Wildman–Crippen MR) is 180 cm³/mol. The molecule has 0 aliphatic heterocycles. The molecule has 12 nitrogen and oxygen atoms in total. The second kappa shape index (κ2) is 23.0. The van der Waals surface area contributed by atoms with Crippen molar-refractivity contribution >= 4 is 17.8 Å². The molecule has 1 unspecified atom stereocenters. The number of unbranched alkanes of at least 4 members (excludes halogenated alkanes) is 1. The van der Waals surface area contributed by atoms with E-state index in [0.29, 0.717) is 70.6 Å². The SMILES string of the molecule is CCC(CCCC(=O)NCCC(=O)O[C@@H](CCc1ccccc1)CC[C@@H]1[C@@H](C/C=C\CCCC(=O)OC(C)C)[C@@H](O)C[C@H]1O)O[N+](=O)[O-]. The van der Waals surface area contributed by atoms with Crippen molar-refractivity contribution in [3.8, 4) is 0 Å². The van der Waals surface area contributed by atoms with Crippen LogP contribution in [0.15, 0.2) is 42.5 Å². The summed E-state index contributed by atoms with van der Waals surface area (Å²) in [5.74, 6) is -1.16. The topological polar surface area (TPSA) is 175 Å². The smallest absolute Gasteiger partial charge is 0.307 e. The Morgan fingerprint density at radius 1 is 0.938 bits per heavy atom. The molecule has 0 aromatic heterocycles. The van der Waals surface area contributed by atoms with Gasteiger partial charge >= 0.3 is 11.9 Å². The molecule has 0 spiro atoms. The van der Waals surface area contributed by atoms with Crippen LogP contribution in [-0.4, -0.2) is 70.2 Å². The van der Waals surface area contributed by atoms with E-state index in [1.54, 1.807) is 6.92 Å². The lowest BCUT2D eigenvalue weighted by atomic mass is 9.85. The lowest BCUT2D eigenvalue weighted by Crippen LogP contribution is -2.29. The maximum Gasteiger partial charge on any atom is 0.307 e. The summed E-state index contributed by atoms with van der Waals surface area (Å²) in [4.78, 5) is 51.9. The number of ether oxygens (including phenoxy) is 2.